The van der Waals surface area contributed by atoms with Crippen molar-refractivity contribution in [1.29, 1.82) is 0 Å². The SMILES string of the molecule is Clc1cccc(/C=N\N2CC[NH+](C3c4ccccc4-c4ccccc43)CC2)c1. The predicted molar refractivity (Wildman–Crippen MR) is 115 cm³/mol. The molecule has 1 aliphatic heterocycles. The number of nitrogens with zero attached hydrogens (tertiary/aromatic N) is 2. The van der Waals surface area contributed by atoms with E-state index in [1.54, 1.807) is 4.90 Å². The number of fused-ring (bicyclic) bond motifs is 3. The molecule has 3 aromatic carbocycles. The number of rotatable bonds is 3. The van der Waals surface area contributed by atoms with Gasteiger partial charge in [-0.1, -0.05) is 72.3 Å². The first-order chi connectivity index (χ1) is 13.8. The van der Waals surface area contributed by atoms with E-state index < -0.39 is 0 Å². The van der Waals surface area contributed by atoms with Crippen molar-refractivity contribution in [3.8, 4) is 11.1 Å². The number of quaternary nitrogens is 1. The van der Waals surface area contributed by atoms with E-state index in [1.807, 2.05) is 30.5 Å². The summed E-state index contributed by atoms with van der Waals surface area (Å²) in [6.45, 7) is 4.10. The molecule has 140 valence electrons. The second-order valence-electron chi connectivity index (χ2n) is 7.52. The molecule has 1 N–H and O–H groups in total. The summed E-state index contributed by atoms with van der Waals surface area (Å²) in [5.74, 6) is 0. The first kappa shape index (κ1) is 17.5. The largest absolute Gasteiger partial charge is 0.322 e. The zero-order valence-corrected chi connectivity index (χ0v) is 16.4. The number of nitrogens with one attached hydrogen (secondary N) is 1. The predicted octanol–water partition coefficient (Wildman–Crippen LogP) is 3.64. The van der Waals surface area contributed by atoms with Crippen LogP contribution in [0.4, 0.5) is 0 Å². The van der Waals surface area contributed by atoms with Crippen LogP contribution in [0.25, 0.3) is 11.1 Å². The van der Waals surface area contributed by atoms with Crippen LogP contribution >= 0.6 is 11.6 Å². The van der Waals surface area contributed by atoms with Crippen molar-refractivity contribution in [2.75, 3.05) is 26.2 Å². The Morgan fingerprint density at radius 1 is 0.857 bits per heavy atom. The lowest BCUT2D eigenvalue weighted by molar-refractivity contribution is -0.929. The molecule has 0 saturated carbocycles. The highest BCUT2D eigenvalue weighted by molar-refractivity contribution is 6.30. The summed E-state index contributed by atoms with van der Waals surface area (Å²) in [6, 6.07) is 26.0. The molecule has 0 atom stereocenters. The summed E-state index contributed by atoms with van der Waals surface area (Å²) in [7, 11) is 0. The molecule has 1 fully saturated rings. The average molecular weight is 389 g/mol. The minimum absolute atomic E-state index is 0.437. The number of hydrogen-bond donors (Lipinski definition) is 1. The average Bonchev–Trinajstić information content (AvgIpc) is 3.07. The highest BCUT2D eigenvalue weighted by Gasteiger charge is 2.37. The summed E-state index contributed by atoms with van der Waals surface area (Å²) in [6.07, 6.45) is 1.91. The maximum atomic E-state index is 6.06. The lowest BCUT2D eigenvalue weighted by Gasteiger charge is -2.34. The number of hydrazone groups is 1. The first-order valence-corrected chi connectivity index (χ1v) is 10.2. The molecule has 1 aliphatic carbocycles. The van der Waals surface area contributed by atoms with Gasteiger partial charge in [-0.3, -0.25) is 5.01 Å². The summed E-state index contributed by atoms with van der Waals surface area (Å²) in [5.41, 5.74) is 6.78. The number of benzene rings is 3. The molecule has 0 amide bonds. The third-order valence-electron chi connectivity index (χ3n) is 5.84. The van der Waals surface area contributed by atoms with Gasteiger partial charge in [0.1, 0.15) is 6.04 Å². The van der Waals surface area contributed by atoms with Gasteiger partial charge in [0.2, 0.25) is 0 Å². The maximum absolute atomic E-state index is 6.06. The summed E-state index contributed by atoms with van der Waals surface area (Å²) >= 11 is 6.06. The molecule has 5 rings (SSSR count). The Morgan fingerprint density at radius 2 is 1.50 bits per heavy atom. The number of halogens is 1. The minimum atomic E-state index is 0.437. The van der Waals surface area contributed by atoms with E-state index in [-0.39, 0.29) is 0 Å². The Hall–Kier alpha value is -2.62. The summed E-state index contributed by atoms with van der Waals surface area (Å²) in [4.78, 5) is 1.63. The Morgan fingerprint density at radius 3 is 2.14 bits per heavy atom. The van der Waals surface area contributed by atoms with Crippen LogP contribution in [0.2, 0.25) is 5.02 Å². The van der Waals surface area contributed by atoms with Crippen molar-refractivity contribution >= 4 is 17.8 Å². The lowest BCUT2D eigenvalue weighted by Crippen LogP contribution is -3.14. The third kappa shape index (κ3) is 3.21. The van der Waals surface area contributed by atoms with Crippen molar-refractivity contribution in [1.82, 2.24) is 5.01 Å². The third-order valence-corrected chi connectivity index (χ3v) is 6.08. The van der Waals surface area contributed by atoms with Crippen LogP contribution in [-0.4, -0.2) is 37.4 Å². The molecule has 28 heavy (non-hydrogen) atoms. The van der Waals surface area contributed by atoms with Crippen LogP contribution in [0.15, 0.2) is 77.9 Å². The molecule has 2 aliphatic rings. The van der Waals surface area contributed by atoms with Gasteiger partial charge in [-0.15, -0.1) is 0 Å². The van der Waals surface area contributed by atoms with Gasteiger partial charge in [-0.2, -0.15) is 5.10 Å². The van der Waals surface area contributed by atoms with Gasteiger partial charge in [0, 0.05) is 16.1 Å². The van der Waals surface area contributed by atoms with Crippen molar-refractivity contribution in [2.24, 2.45) is 5.10 Å². The molecule has 0 radical (unpaired) electrons. The van der Waals surface area contributed by atoms with E-state index in [1.165, 1.54) is 22.3 Å². The van der Waals surface area contributed by atoms with Gasteiger partial charge in [-0.25, -0.2) is 0 Å². The first-order valence-electron chi connectivity index (χ1n) is 9.87. The van der Waals surface area contributed by atoms with E-state index in [9.17, 15) is 0 Å². The minimum Gasteiger partial charge on any atom is -0.322 e. The Bertz CT molecular complexity index is 976. The van der Waals surface area contributed by atoms with Crippen LogP contribution in [0, 0.1) is 0 Å². The van der Waals surface area contributed by atoms with Crippen molar-refractivity contribution in [3.05, 3.63) is 94.5 Å². The molecule has 0 unspecified atom stereocenters. The van der Waals surface area contributed by atoms with Gasteiger partial charge in [-0.05, 0) is 28.8 Å². The Balaban J connectivity index is 1.32. The fraction of sp³-hybridized carbons (Fsp3) is 0.208. The second-order valence-corrected chi connectivity index (χ2v) is 7.96. The smallest absolute Gasteiger partial charge is 0.140 e. The summed E-state index contributed by atoms with van der Waals surface area (Å²) in [5, 5.41) is 7.61. The molecule has 1 saturated heterocycles. The zero-order valence-electron chi connectivity index (χ0n) is 15.7. The fourth-order valence-corrected chi connectivity index (χ4v) is 4.72. The second kappa shape index (κ2) is 7.42. The Kier molecular flexibility index (Phi) is 4.63. The molecule has 0 aromatic heterocycles. The molecule has 3 nitrogen and oxygen atoms in total. The number of piperazine rings is 1. The number of hydrogen-bond acceptors (Lipinski definition) is 2. The highest BCUT2D eigenvalue weighted by Crippen LogP contribution is 2.41. The maximum Gasteiger partial charge on any atom is 0.140 e. The summed E-state index contributed by atoms with van der Waals surface area (Å²) < 4.78 is 0. The fourth-order valence-electron chi connectivity index (χ4n) is 4.52. The zero-order chi connectivity index (χ0) is 18.9. The monoisotopic (exact) mass is 388 g/mol. The molecule has 0 spiro atoms. The van der Waals surface area contributed by atoms with Crippen molar-refractivity contribution in [2.45, 2.75) is 6.04 Å². The Labute approximate surface area is 170 Å². The molecule has 3 aromatic rings. The van der Waals surface area contributed by atoms with E-state index in [0.717, 1.165) is 36.8 Å². The van der Waals surface area contributed by atoms with Gasteiger partial charge in [0.05, 0.1) is 32.4 Å². The van der Waals surface area contributed by atoms with Crippen LogP contribution < -0.4 is 4.90 Å². The van der Waals surface area contributed by atoms with E-state index in [0.29, 0.717) is 6.04 Å². The quantitative estimate of drug-likeness (QED) is 0.679. The van der Waals surface area contributed by atoms with Crippen molar-refractivity contribution < 1.29 is 4.90 Å². The molecule has 4 heteroatoms. The normalized spacial score (nSPS) is 17.1. The van der Waals surface area contributed by atoms with E-state index in [4.69, 9.17) is 11.6 Å². The molecular formula is C24H23ClN3+. The van der Waals surface area contributed by atoms with Crippen LogP contribution in [0.5, 0.6) is 0 Å². The highest BCUT2D eigenvalue weighted by atomic mass is 35.5. The van der Waals surface area contributed by atoms with Gasteiger partial charge in [0.25, 0.3) is 0 Å². The van der Waals surface area contributed by atoms with Crippen LogP contribution in [0.1, 0.15) is 22.7 Å². The van der Waals surface area contributed by atoms with Crippen LogP contribution in [-0.2, 0) is 0 Å². The molecule has 1 heterocycles. The van der Waals surface area contributed by atoms with E-state index >= 15 is 0 Å². The van der Waals surface area contributed by atoms with Gasteiger partial charge in [0.15, 0.2) is 0 Å². The van der Waals surface area contributed by atoms with Gasteiger partial charge >= 0.3 is 0 Å². The topological polar surface area (TPSA) is 20.0 Å². The van der Waals surface area contributed by atoms with Crippen LogP contribution in [0.3, 0.4) is 0 Å². The van der Waals surface area contributed by atoms with Gasteiger partial charge < -0.3 is 4.90 Å². The standard InChI is InChI=1S/C24H22ClN3/c25-19-7-5-6-18(16-19)17-26-28-14-12-27(13-15-28)24-22-10-3-1-8-20(22)21-9-2-4-11-23(21)24/h1-11,16-17,24H,12-15H2/p+1/b26-17-. The lowest BCUT2D eigenvalue weighted by atomic mass is 10.0. The molecule has 0 bridgehead atoms. The molecular weight excluding hydrogens is 366 g/mol. The van der Waals surface area contributed by atoms with E-state index in [2.05, 4.69) is 58.6 Å². The van der Waals surface area contributed by atoms with Crippen molar-refractivity contribution in [3.63, 3.8) is 0 Å².